The summed E-state index contributed by atoms with van der Waals surface area (Å²) in [6.07, 6.45) is 0. The van der Waals surface area contributed by atoms with Gasteiger partial charge in [0.05, 0.1) is 9.40 Å². The highest BCUT2D eigenvalue weighted by molar-refractivity contribution is 9.10. The fourth-order valence-electron chi connectivity index (χ4n) is 0.950. The predicted octanol–water partition coefficient (Wildman–Crippen LogP) is 2.95. The van der Waals surface area contributed by atoms with Crippen molar-refractivity contribution in [2.75, 3.05) is 0 Å². The lowest BCUT2D eigenvalue weighted by molar-refractivity contribution is -0.386. The molecule has 0 radical (unpaired) electrons. The molecule has 5 heteroatoms. The van der Waals surface area contributed by atoms with Crippen LogP contribution in [0.25, 0.3) is 0 Å². The predicted molar refractivity (Wildman–Crippen MR) is 52.8 cm³/mol. The van der Waals surface area contributed by atoms with E-state index in [1.54, 1.807) is 19.1 Å². The third-order valence-corrected chi connectivity index (χ3v) is 2.28. The quantitative estimate of drug-likeness (QED) is 0.471. The van der Waals surface area contributed by atoms with Gasteiger partial charge in [-0.25, -0.2) is 0 Å². The van der Waals surface area contributed by atoms with E-state index in [1.165, 1.54) is 0 Å². The van der Waals surface area contributed by atoms with Crippen molar-refractivity contribution in [3.05, 3.63) is 32.3 Å². The fraction of sp³-hybridized carbons (Fsp3) is 0.143. The summed E-state index contributed by atoms with van der Waals surface area (Å²) >= 11 is 7.19. The van der Waals surface area contributed by atoms with Crippen LogP contribution < -0.4 is 0 Å². The lowest BCUT2D eigenvalue weighted by Crippen LogP contribution is -1.92. The average molecular weight is 248 g/mol. The number of nitrogens with zero attached hydrogens (tertiary/aromatic N) is 1. The molecular weight excluding hydrogens is 242 g/mol. The molecular formula is C7H6BrNO2S. The smallest absolute Gasteiger partial charge is 0.258 e. The van der Waals surface area contributed by atoms with Gasteiger partial charge >= 0.3 is 0 Å². The Kier molecular flexibility index (Phi) is 2.74. The van der Waals surface area contributed by atoms with Crippen molar-refractivity contribution in [1.82, 2.24) is 0 Å². The summed E-state index contributed by atoms with van der Waals surface area (Å²) in [7, 11) is 0. The molecule has 0 aromatic heterocycles. The van der Waals surface area contributed by atoms with E-state index in [2.05, 4.69) is 28.6 Å². The first-order valence-corrected chi connectivity index (χ1v) is 4.40. The van der Waals surface area contributed by atoms with E-state index in [9.17, 15) is 10.1 Å². The number of rotatable bonds is 1. The summed E-state index contributed by atoms with van der Waals surface area (Å²) in [5, 5.41) is 10.5. The van der Waals surface area contributed by atoms with Crippen LogP contribution in [0.2, 0.25) is 0 Å². The van der Waals surface area contributed by atoms with Gasteiger partial charge in [-0.2, -0.15) is 0 Å². The molecule has 0 bridgehead atoms. The van der Waals surface area contributed by atoms with Crippen molar-refractivity contribution >= 4 is 34.2 Å². The Hall–Kier alpha value is -0.550. The van der Waals surface area contributed by atoms with E-state index in [-0.39, 0.29) is 5.69 Å². The van der Waals surface area contributed by atoms with Crippen LogP contribution >= 0.6 is 28.6 Å². The molecule has 0 heterocycles. The minimum absolute atomic E-state index is 0.104. The SMILES string of the molecule is Cc1cc(S)cc(Br)c1[N+](=O)[O-]. The molecule has 1 rings (SSSR count). The van der Waals surface area contributed by atoms with Crippen molar-refractivity contribution < 1.29 is 4.92 Å². The summed E-state index contributed by atoms with van der Waals surface area (Å²) in [4.78, 5) is 10.8. The van der Waals surface area contributed by atoms with Gasteiger partial charge in [-0.05, 0) is 35.0 Å². The standard InChI is InChI=1S/C7H6BrNO2S/c1-4-2-5(12)3-6(8)7(4)9(10)11/h2-3,12H,1H3. The molecule has 1 aromatic carbocycles. The van der Waals surface area contributed by atoms with Gasteiger partial charge in [-0.15, -0.1) is 12.6 Å². The zero-order valence-electron chi connectivity index (χ0n) is 6.24. The van der Waals surface area contributed by atoms with Crippen LogP contribution in [0.5, 0.6) is 0 Å². The number of thiol groups is 1. The number of aryl methyl sites for hydroxylation is 1. The van der Waals surface area contributed by atoms with E-state index in [0.717, 1.165) is 0 Å². The molecule has 0 amide bonds. The molecule has 0 fully saturated rings. The second-order valence-corrected chi connectivity index (χ2v) is 3.72. The highest BCUT2D eigenvalue weighted by Crippen LogP contribution is 2.30. The topological polar surface area (TPSA) is 43.1 Å². The first-order valence-electron chi connectivity index (χ1n) is 3.16. The Bertz CT molecular complexity index is 317. The maximum Gasteiger partial charge on any atom is 0.286 e. The van der Waals surface area contributed by atoms with E-state index in [0.29, 0.717) is 14.9 Å². The van der Waals surface area contributed by atoms with Crippen LogP contribution in [0.1, 0.15) is 5.56 Å². The van der Waals surface area contributed by atoms with Crippen LogP contribution in [0.4, 0.5) is 5.69 Å². The molecule has 1 aromatic rings. The molecule has 12 heavy (non-hydrogen) atoms. The van der Waals surface area contributed by atoms with Crippen LogP contribution in [0, 0.1) is 17.0 Å². The van der Waals surface area contributed by atoms with Crippen LogP contribution in [0.3, 0.4) is 0 Å². The summed E-state index contributed by atoms with van der Waals surface area (Å²) < 4.78 is 0.470. The van der Waals surface area contributed by atoms with Crippen LogP contribution in [0.15, 0.2) is 21.5 Å². The third-order valence-electron chi connectivity index (χ3n) is 1.42. The van der Waals surface area contributed by atoms with E-state index in [4.69, 9.17) is 0 Å². The molecule has 3 nitrogen and oxygen atoms in total. The van der Waals surface area contributed by atoms with Gasteiger partial charge in [0.1, 0.15) is 0 Å². The molecule has 0 atom stereocenters. The number of hydrogen-bond donors (Lipinski definition) is 1. The molecule has 0 aliphatic carbocycles. The summed E-state index contributed by atoms with van der Waals surface area (Å²) in [6.45, 7) is 1.68. The van der Waals surface area contributed by atoms with Gasteiger partial charge in [-0.1, -0.05) is 0 Å². The van der Waals surface area contributed by atoms with Crippen molar-refractivity contribution in [3.8, 4) is 0 Å². The van der Waals surface area contributed by atoms with Crippen molar-refractivity contribution in [3.63, 3.8) is 0 Å². The maximum absolute atomic E-state index is 10.5. The van der Waals surface area contributed by atoms with Gasteiger partial charge in [0.15, 0.2) is 0 Å². The lowest BCUT2D eigenvalue weighted by atomic mass is 10.2. The number of benzene rings is 1. The second kappa shape index (κ2) is 3.45. The first-order chi connectivity index (χ1) is 5.52. The van der Waals surface area contributed by atoms with Crippen LogP contribution in [-0.4, -0.2) is 4.92 Å². The van der Waals surface area contributed by atoms with E-state index >= 15 is 0 Å². The van der Waals surface area contributed by atoms with E-state index in [1.807, 2.05) is 0 Å². The Morgan fingerprint density at radius 3 is 2.58 bits per heavy atom. The van der Waals surface area contributed by atoms with E-state index < -0.39 is 4.92 Å². The minimum atomic E-state index is -0.410. The number of hydrogen-bond acceptors (Lipinski definition) is 3. The molecule has 0 saturated carbocycles. The van der Waals surface area contributed by atoms with Gasteiger partial charge in [0.2, 0.25) is 0 Å². The Labute approximate surface area is 83.5 Å². The normalized spacial score (nSPS) is 9.92. The molecule has 0 aliphatic rings. The minimum Gasteiger partial charge on any atom is -0.258 e. The zero-order valence-corrected chi connectivity index (χ0v) is 8.72. The molecule has 0 aliphatic heterocycles. The first kappa shape index (κ1) is 9.54. The molecule has 0 N–H and O–H groups in total. The Morgan fingerprint density at radius 2 is 2.17 bits per heavy atom. The molecule has 0 spiro atoms. The monoisotopic (exact) mass is 247 g/mol. The Balaban J connectivity index is 3.38. The average Bonchev–Trinajstić information content (AvgIpc) is 1.82. The van der Waals surface area contributed by atoms with Gasteiger partial charge in [0.25, 0.3) is 5.69 Å². The second-order valence-electron chi connectivity index (χ2n) is 2.35. The number of halogens is 1. The lowest BCUT2D eigenvalue weighted by Gasteiger charge is -2.00. The third kappa shape index (κ3) is 1.78. The number of nitro benzene ring substituents is 1. The zero-order chi connectivity index (χ0) is 9.30. The summed E-state index contributed by atoms with van der Waals surface area (Å²) in [5.41, 5.74) is 0.715. The fourth-order valence-corrected chi connectivity index (χ4v) is 2.15. The van der Waals surface area contributed by atoms with Gasteiger partial charge in [-0.3, -0.25) is 10.1 Å². The highest BCUT2D eigenvalue weighted by atomic mass is 79.9. The molecule has 0 unspecified atom stereocenters. The van der Waals surface area contributed by atoms with Gasteiger partial charge < -0.3 is 0 Å². The molecule has 64 valence electrons. The van der Waals surface area contributed by atoms with Gasteiger partial charge in [0, 0.05) is 10.5 Å². The number of nitro groups is 1. The van der Waals surface area contributed by atoms with Crippen molar-refractivity contribution in [2.45, 2.75) is 11.8 Å². The van der Waals surface area contributed by atoms with Crippen LogP contribution in [-0.2, 0) is 0 Å². The van der Waals surface area contributed by atoms with Crippen molar-refractivity contribution in [2.24, 2.45) is 0 Å². The summed E-state index contributed by atoms with van der Waals surface area (Å²) in [6, 6.07) is 3.26. The molecule has 0 saturated heterocycles. The maximum atomic E-state index is 10.5. The Morgan fingerprint density at radius 1 is 1.58 bits per heavy atom. The van der Waals surface area contributed by atoms with Crippen molar-refractivity contribution in [1.29, 1.82) is 0 Å². The largest absolute Gasteiger partial charge is 0.286 e. The summed E-state index contributed by atoms with van der Waals surface area (Å²) in [5.74, 6) is 0. The highest BCUT2D eigenvalue weighted by Gasteiger charge is 2.15.